The molecule has 18 heavy (non-hydrogen) atoms. The number of aliphatic carboxylic acids is 2. The summed E-state index contributed by atoms with van der Waals surface area (Å²) in [5, 5.41) is 19.6. The zero-order valence-electron chi connectivity index (χ0n) is 9.63. The van der Waals surface area contributed by atoms with Crippen LogP contribution in [0.25, 0.3) is 0 Å². The molecule has 8 nitrogen and oxygen atoms in total. The standard InChI is InChI=1S/C10H15NO7/c12-8(13)2-1-6(10(15)16)11-9(14)7-5-17-3-4-18-7/h6-7H,1-5H2,(H,11,14)(H,12,13)(H,15,16). The number of rotatable bonds is 6. The Morgan fingerprint density at radius 1 is 1.28 bits per heavy atom. The molecule has 0 spiro atoms. The Bertz CT molecular complexity index is 324. The highest BCUT2D eigenvalue weighted by Crippen LogP contribution is 2.04. The molecule has 3 N–H and O–H groups in total. The SMILES string of the molecule is O=C(O)CCC(NC(=O)C1COCCO1)C(=O)O. The molecule has 0 aliphatic carbocycles. The van der Waals surface area contributed by atoms with E-state index >= 15 is 0 Å². The molecule has 102 valence electrons. The molecule has 0 saturated carbocycles. The third-order valence-electron chi connectivity index (χ3n) is 2.37. The number of ether oxygens (including phenoxy) is 2. The van der Waals surface area contributed by atoms with E-state index in [4.69, 9.17) is 19.7 Å². The second kappa shape index (κ2) is 6.92. The normalized spacial score (nSPS) is 21.0. The average Bonchev–Trinajstić information content (AvgIpc) is 2.34. The fourth-order valence-electron chi connectivity index (χ4n) is 1.43. The van der Waals surface area contributed by atoms with Crippen LogP contribution in [0, 0.1) is 0 Å². The molecule has 0 aromatic rings. The summed E-state index contributed by atoms with van der Waals surface area (Å²) in [5.41, 5.74) is 0. The average molecular weight is 261 g/mol. The molecule has 1 aliphatic rings. The lowest BCUT2D eigenvalue weighted by atomic mass is 10.1. The van der Waals surface area contributed by atoms with Crippen molar-refractivity contribution in [2.24, 2.45) is 0 Å². The molecular formula is C10H15NO7. The molecule has 0 bridgehead atoms. The van der Waals surface area contributed by atoms with Crippen LogP contribution in [0.15, 0.2) is 0 Å². The minimum absolute atomic E-state index is 0.0666. The zero-order chi connectivity index (χ0) is 13.5. The largest absolute Gasteiger partial charge is 0.481 e. The van der Waals surface area contributed by atoms with Crippen LogP contribution in [-0.4, -0.2) is 60.0 Å². The molecule has 2 atom stereocenters. The van der Waals surface area contributed by atoms with Gasteiger partial charge >= 0.3 is 11.9 Å². The summed E-state index contributed by atoms with van der Waals surface area (Å²) < 4.78 is 10.1. The van der Waals surface area contributed by atoms with E-state index in [-0.39, 0.29) is 26.1 Å². The Hall–Kier alpha value is -1.67. The number of nitrogens with one attached hydrogen (secondary N) is 1. The predicted molar refractivity (Wildman–Crippen MR) is 57.0 cm³/mol. The molecule has 1 amide bonds. The smallest absolute Gasteiger partial charge is 0.326 e. The van der Waals surface area contributed by atoms with Gasteiger partial charge in [-0.3, -0.25) is 9.59 Å². The van der Waals surface area contributed by atoms with Gasteiger partial charge in [-0.15, -0.1) is 0 Å². The number of carbonyl (C=O) groups excluding carboxylic acids is 1. The third-order valence-corrected chi connectivity index (χ3v) is 2.37. The molecule has 1 aliphatic heterocycles. The topological polar surface area (TPSA) is 122 Å². The van der Waals surface area contributed by atoms with Gasteiger partial charge in [-0.25, -0.2) is 4.79 Å². The number of hydrogen-bond acceptors (Lipinski definition) is 5. The first-order valence-corrected chi connectivity index (χ1v) is 5.45. The van der Waals surface area contributed by atoms with Crippen molar-refractivity contribution < 1.29 is 34.1 Å². The van der Waals surface area contributed by atoms with Gasteiger partial charge in [-0.1, -0.05) is 0 Å². The zero-order valence-corrected chi connectivity index (χ0v) is 9.63. The highest BCUT2D eigenvalue weighted by atomic mass is 16.6. The summed E-state index contributed by atoms with van der Waals surface area (Å²) in [6, 6.07) is -1.24. The second-order valence-corrected chi connectivity index (χ2v) is 3.77. The van der Waals surface area contributed by atoms with Gasteiger partial charge in [0.05, 0.1) is 19.8 Å². The summed E-state index contributed by atoms with van der Waals surface area (Å²) in [4.78, 5) is 32.8. The molecule has 1 fully saturated rings. The second-order valence-electron chi connectivity index (χ2n) is 3.77. The van der Waals surface area contributed by atoms with Crippen molar-refractivity contribution in [2.45, 2.75) is 25.0 Å². The number of carboxylic acid groups (broad SMARTS) is 2. The van der Waals surface area contributed by atoms with Crippen LogP contribution in [0.1, 0.15) is 12.8 Å². The maximum atomic E-state index is 11.6. The maximum Gasteiger partial charge on any atom is 0.326 e. The molecular weight excluding hydrogens is 246 g/mol. The van der Waals surface area contributed by atoms with E-state index < -0.39 is 30.0 Å². The summed E-state index contributed by atoms with van der Waals surface area (Å²) in [6.07, 6.45) is -1.35. The van der Waals surface area contributed by atoms with E-state index in [0.29, 0.717) is 6.61 Å². The first kappa shape index (κ1) is 14.4. The van der Waals surface area contributed by atoms with Crippen molar-refractivity contribution in [3.63, 3.8) is 0 Å². The van der Waals surface area contributed by atoms with Crippen LogP contribution >= 0.6 is 0 Å². The number of carbonyl (C=O) groups is 3. The number of carboxylic acids is 2. The van der Waals surface area contributed by atoms with E-state index in [9.17, 15) is 14.4 Å². The monoisotopic (exact) mass is 261 g/mol. The van der Waals surface area contributed by atoms with Crippen LogP contribution in [0.5, 0.6) is 0 Å². The third kappa shape index (κ3) is 4.68. The highest BCUT2D eigenvalue weighted by Gasteiger charge is 2.27. The van der Waals surface area contributed by atoms with Crippen LogP contribution < -0.4 is 5.32 Å². The van der Waals surface area contributed by atoms with Gasteiger partial charge in [0.2, 0.25) is 0 Å². The van der Waals surface area contributed by atoms with Crippen LogP contribution in [0.3, 0.4) is 0 Å². The van der Waals surface area contributed by atoms with Crippen LogP contribution in [0.2, 0.25) is 0 Å². The molecule has 8 heteroatoms. The van der Waals surface area contributed by atoms with Gasteiger partial charge in [0.15, 0.2) is 6.10 Å². The van der Waals surface area contributed by atoms with Crippen LogP contribution in [0.4, 0.5) is 0 Å². The lowest BCUT2D eigenvalue weighted by Gasteiger charge is -2.23. The lowest BCUT2D eigenvalue weighted by Crippen LogP contribution is -2.49. The highest BCUT2D eigenvalue weighted by molar-refractivity contribution is 5.86. The van der Waals surface area contributed by atoms with Gasteiger partial charge in [0, 0.05) is 6.42 Å². The van der Waals surface area contributed by atoms with Crippen molar-refractivity contribution in [2.75, 3.05) is 19.8 Å². The van der Waals surface area contributed by atoms with E-state index in [1.807, 2.05) is 0 Å². The molecule has 0 aromatic carbocycles. The van der Waals surface area contributed by atoms with Gasteiger partial charge in [-0.05, 0) is 6.42 Å². The summed E-state index contributed by atoms with van der Waals surface area (Å²) in [5.74, 6) is -3.00. The number of hydrogen-bond donors (Lipinski definition) is 3. The van der Waals surface area contributed by atoms with Crippen molar-refractivity contribution in [3.8, 4) is 0 Å². The molecule has 0 radical (unpaired) electrons. The Morgan fingerprint density at radius 2 is 2.00 bits per heavy atom. The summed E-state index contributed by atoms with van der Waals surface area (Å²) in [6.45, 7) is 0.729. The Balaban J connectivity index is 2.46. The minimum Gasteiger partial charge on any atom is -0.481 e. The van der Waals surface area contributed by atoms with Crippen molar-refractivity contribution >= 4 is 17.8 Å². The molecule has 1 heterocycles. The van der Waals surface area contributed by atoms with Gasteiger partial charge in [-0.2, -0.15) is 0 Å². The fraction of sp³-hybridized carbons (Fsp3) is 0.700. The Labute approximate surface area is 103 Å². The Kier molecular flexibility index (Phi) is 5.53. The molecule has 1 rings (SSSR count). The van der Waals surface area contributed by atoms with E-state index in [2.05, 4.69) is 5.32 Å². The van der Waals surface area contributed by atoms with Crippen molar-refractivity contribution in [1.82, 2.24) is 5.32 Å². The maximum absolute atomic E-state index is 11.6. The van der Waals surface area contributed by atoms with Crippen molar-refractivity contribution in [3.05, 3.63) is 0 Å². The van der Waals surface area contributed by atoms with E-state index in [1.54, 1.807) is 0 Å². The fourth-order valence-corrected chi connectivity index (χ4v) is 1.43. The number of amides is 1. The van der Waals surface area contributed by atoms with Crippen molar-refractivity contribution in [1.29, 1.82) is 0 Å². The van der Waals surface area contributed by atoms with E-state index in [1.165, 1.54) is 0 Å². The predicted octanol–water partition coefficient (Wildman–Crippen LogP) is -1.16. The summed E-state index contributed by atoms with van der Waals surface area (Å²) in [7, 11) is 0. The quantitative estimate of drug-likeness (QED) is 0.551. The first-order chi connectivity index (χ1) is 8.50. The molecule has 0 aromatic heterocycles. The van der Waals surface area contributed by atoms with Gasteiger partial charge < -0.3 is 25.0 Å². The molecule has 2 unspecified atom stereocenters. The van der Waals surface area contributed by atoms with Gasteiger partial charge in [0.1, 0.15) is 6.04 Å². The van der Waals surface area contributed by atoms with E-state index in [0.717, 1.165) is 0 Å². The Morgan fingerprint density at radius 3 is 2.50 bits per heavy atom. The van der Waals surface area contributed by atoms with Crippen LogP contribution in [-0.2, 0) is 23.9 Å². The molecule has 1 saturated heterocycles. The van der Waals surface area contributed by atoms with Gasteiger partial charge in [0.25, 0.3) is 5.91 Å². The first-order valence-electron chi connectivity index (χ1n) is 5.45. The lowest BCUT2D eigenvalue weighted by molar-refractivity contribution is -0.152. The minimum atomic E-state index is -1.28. The summed E-state index contributed by atoms with van der Waals surface area (Å²) >= 11 is 0.